The Kier molecular flexibility index (Phi) is 6.48. The summed E-state index contributed by atoms with van der Waals surface area (Å²) >= 11 is 0. The van der Waals surface area contributed by atoms with Crippen molar-refractivity contribution in [2.24, 2.45) is 0 Å². The first kappa shape index (κ1) is 19.2. The summed E-state index contributed by atoms with van der Waals surface area (Å²) in [5.74, 6) is -1.01. The van der Waals surface area contributed by atoms with Crippen molar-refractivity contribution in [1.29, 1.82) is 0 Å². The number of halogens is 2. The number of hydrogen-bond acceptors (Lipinski definition) is 4. The SMILES string of the molecule is COc1ccc(NC(=O)C(C)NC(=O)c2ccccc2)cc1OC(F)F. The largest absolute Gasteiger partial charge is 0.493 e. The molecule has 8 heteroatoms. The molecule has 0 radical (unpaired) electrons. The molecule has 2 rings (SSSR count). The number of amides is 2. The van der Waals surface area contributed by atoms with Crippen molar-refractivity contribution in [2.45, 2.75) is 19.6 Å². The van der Waals surface area contributed by atoms with Crippen LogP contribution in [0.25, 0.3) is 0 Å². The molecule has 0 spiro atoms. The van der Waals surface area contributed by atoms with Gasteiger partial charge < -0.3 is 20.1 Å². The molecule has 138 valence electrons. The van der Waals surface area contributed by atoms with E-state index < -0.39 is 24.5 Å². The maximum absolute atomic E-state index is 12.5. The Morgan fingerprint density at radius 3 is 2.35 bits per heavy atom. The van der Waals surface area contributed by atoms with Gasteiger partial charge in [-0.3, -0.25) is 9.59 Å². The summed E-state index contributed by atoms with van der Waals surface area (Å²) < 4.78 is 34.2. The van der Waals surface area contributed by atoms with Gasteiger partial charge in [-0.25, -0.2) is 0 Å². The average Bonchev–Trinajstić information content (AvgIpc) is 2.62. The van der Waals surface area contributed by atoms with Gasteiger partial charge in [0.25, 0.3) is 5.91 Å². The van der Waals surface area contributed by atoms with E-state index in [2.05, 4.69) is 15.4 Å². The van der Waals surface area contributed by atoms with Gasteiger partial charge in [-0.1, -0.05) is 18.2 Å². The molecule has 6 nitrogen and oxygen atoms in total. The number of benzene rings is 2. The van der Waals surface area contributed by atoms with Crippen molar-refractivity contribution in [3.63, 3.8) is 0 Å². The first-order chi connectivity index (χ1) is 12.4. The van der Waals surface area contributed by atoms with Gasteiger partial charge in [0, 0.05) is 17.3 Å². The van der Waals surface area contributed by atoms with Gasteiger partial charge in [0.2, 0.25) is 5.91 Å². The van der Waals surface area contributed by atoms with Gasteiger partial charge in [0.05, 0.1) is 7.11 Å². The van der Waals surface area contributed by atoms with Crippen LogP contribution in [-0.4, -0.2) is 31.6 Å². The van der Waals surface area contributed by atoms with Gasteiger partial charge in [-0.05, 0) is 31.2 Å². The number of anilines is 1. The summed E-state index contributed by atoms with van der Waals surface area (Å²) in [4.78, 5) is 24.3. The molecule has 2 aromatic rings. The standard InChI is InChI=1S/C18H18F2N2O4/c1-11(21-17(24)12-6-4-3-5-7-12)16(23)22-13-8-9-14(25-2)15(10-13)26-18(19)20/h3-11,18H,1-2H3,(H,21,24)(H,22,23). The summed E-state index contributed by atoms with van der Waals surface area (Å²) in [6.07, 6.45) is 0. The van der Waals surface area contributed by atoms with Gasteiger partial charge in [-0.15, -0.1) is 0 Å². The van der Waals surface area contributed by atoms with Crippen LogP contribution in [-0.2, 0) is 4.79 Å². The van der Waals surface area contributed by atoms with Crippen LogP contribution in [0.4, 0.5) is 14.5 Å². The molecule has 0 aliphatic heterocycles. The number of alkyl halides is 2. The topological polar surface area (TPSA) is 76.7 Å². The molecule has 2 amide bonds. The van der Waals surface area contributed by atoms with Crippen molar-refractivity contribution >= 4 is 17.5 Å². The Hall–Kier alpha value is -3.16. The molecular formula is C18H18F2N2O4. The number of methoxy groups -OCH3 is 1. The van der Waals surface area contributed by atoms with Crippen LogP contribution in [0.5, 0.6) is 11.5 Å². The van der Waals surface area contributed by atoms with Crippen molar-refractivity contribution < 1.29 is 27.8 Å². The quantitative estimate of drug-likeness (QED) is 0.792. The summed E-state index contributed by atoms with van der Waals surface area (Å²) in [7, 11) is 1.31. The van der Waals surface area contributed by atoms with Gasteiger partial charge in [-0.2, -0.15) is 8.78 Å². The van der Waals surface area contributed by atoms with Crippen molar-refractivity contribution in [2.75, 3.05) is 12.4 Å². The predicted molar refractivity (Wildman–Crippen MR) is 91.6 cm³/mol. The predicted octanol–water partition coefficient (Wildman–Crippen LogP) is 3.05. The lowest BCUT2D eigenvalue weighted by Crippen LogP contribution is -2.41. The highest BCUT2D eigenvalue weighted by Gasteiger charge is 2.18. The minimum Gasteiger partial charge on any atom is -0.493 e. The fourth-order valence-electron chi connectivity index (χ4n) is 2.13. The maximum Gasteiger partial charge on any atom is 0.387 e. The Morgan fingerprint density at radius 1 is 1.04 bits per heavy atom. The van der Waals surface area contributed by atoms with Crippen LogP contribution in [0.2, 0.25) is 0 Å². The average molecular weight is 364 g/mol. The van der Waals surface area contributed by atoms with Crippen molar-refractivity contribution in [3.8, 4) is 11.5 Å². The molecule has 0 fully saturated rings. The second-order valence-corrected chi connectivity index (χ2v) is 5.29. The number of nitrogens with one attached hydrogen (secondary N) is 2. The third kappa shape index (κ3) is 5.17. The van der Waals surface area contributed by atoms with Crippen LogP contribution in [0.3, 0.4) is 0 Å². The second kappa shape index (κ2) is 8.80. The zero-order valence-corrected chi connectivity index (χ0v) is 14.2. The molecule has 0 bridgehead atoms. The van der Waals surface area contributed by atoms with Gasteiger partial charge in [0.1, 0.15) is 6.04 Å². The lowest BCUT2D eigenvalue weighted by atomic mass is 10.2. The Bertz CT molecular complexity index is 769. The normalized spacial score (nSPS) is 11.6. The summed E-state index contributed by atoms with van der Waals surface area (Å²) in [5.41, 5.74) is 0.650. The van der Waals surface area contributed by atoms with Crippen LogP contribution in [0.1, 0.15) is 17.3 Å². The summed E-state index contributed by atoms with van der Waals surface area (Å²) in [5, 5.41) is 5.09. The Balaban J connectivity index is 2.03. The molecule has 0 saturated heterocycles. The number of hydrogen-bond donors (Lipinski definition) is 2. The van der Waals surface area contributed by atoms with E-state index in [0.29, 0.717) is 5.56 Å². The van der Waals surface area contributed by atoms with E-state index in [1.165, 1.54) is 32.2 Å². The number of carbonyl (C=O) groups excluding carboxylic acids is 2. The Labute approximate surface area is 149 Å². The summed E-state index contributed by atoms with van der Waals surface area (Å²) in [6, 6.07) is 11.7. The third-order valence-electron chi connectivity index (χ3n) is 3.42. The van der Waals surface area contributed by atoms with E-state index in [1.807, 2.05) is 0 Å². The highest BCUT2D eigenvalue weighted by atomic mass is 19.3. The van der Waals surface area contributed by atoms with Crippen molar-refractivity contribution in [1.82, 2.24) is 5.32 Å². The minimum atomic E-state index is -3.03. The lowest BCUT2D eigenvalue weighted by Gasteiger charge is -2.16. The van der Waals surface area contributed by atoms with E-state index in [-0.39, 0.29) is 17.2 Å². The molecule has 2 aromatic carbocycles. The summed E-state index contributed by atoms with van der Waals surface area (Å²) in [6.45, 7) is -1.52. The number of carbonyl (C=O) groups is 2. The monoisotopic (exact) mass is 364 g/mol. The zero-order chi connectivity index (χ0) is 19.1. The fraction of sp³-hybridized carbons (Fsp3) is 0.222. The third-order valence-corrected chi connectivity index (χ3v) is 3.42. The highest BCUT2D eigenvalue weighted by molar-refractivity contribution is 6.01. The first-order valence-electron chi connectivity index (χ1n) is 7.70. The molecule has 0 aliphatic rings. The molecule has 0 aliphatic carbocycles. The van der Waals surface area contributed by atoms with E-state index >= 15 is 0 Å². The fourth-order valence-corrected chi connectivity index (χ4v) is 2.13. The lowest BCUT2D eigenvalue weighted by molar-refractivity contribution is -0.117. The molecule has 1 unspecified atom stereocenters. The highest BCUT2D eigenvalue weighted by Crippen LogP contribution is 2.31. The first-order valence-corrected chi connectivity index (χ1v) is 7.70. The molecule has 0 aromatic heterocycles. The van der Waals surface area contributed by atoms with E-state index in [4.69, 9.17) is 4.74 Å². The van der Waals surface area contributed by atoms with E-state index in [9.17, 15) is 18.4 Å². The molecule has 0 heterocycles. The molecule has 0 saturated carbocycles. The van der Waals surface area contributed by atoms with Crippen LogP contribution in [0, 0.1) is 0 Å². The molecule has 1 atom stereocenters. The maximum atomic E-state index is 12.5. The van der Waals surface area contributed by atoms with Crippen molar-refractivity contribution in [3.05, 3.63) is 54.1 Å². The zero-order valence-electron chi connectivity index (χ0n) is 14.2. The molecule has 26 heavy (non-hydrogen) atoms. The number of ether oxygens (including phenoxy) is 2. The number of rotatable bonds is 7. The van der Waals surface area contributed by atoms with Gasteiger partial charge in [0.15, 0.2) is 11.5 Å². The second-order valence-electron chi connectivity index (χ2n) is 5.29. The molecular weight excluding hydrogens is 346 g/mol. The molecule has 2 N–H and O–H groups in total. The Morgan fingerprint density at radius 2 is 1.73 bits per heavy atom. The van der Waals surface area contributed by atoms with Crippen LogP contribution in [0.15, 0.2) is 48.5 Å². The van der Waals surface area contributed by atoms with Gasteiger partial charge >= 0.3 is 6.61 Å². The minimum absolute atomic E-state index is 0.105. The van der Waals surface area contributed by atoms with E-state index in [0.717, 1.165) is 0 Å². The smallest absolute Gasteiger partial charge is 0.387 e. The van der Waals surface area contributed by atoms with E-state index in [1.54, 1.807) is 30.3 Å². The van der Waals surface area contributed by atoms with Crippen LogP contribution < -0.4 is 20.1 Å². The van der Waals surface area contributed by atoms with Crippen LogP contribution >= 0.6 is 0 Å².